The van der Waals surface area contributed by atoms with Crippen molar-refractivity contribution in [3.05, 3.63) is 99.9 Å². The molecule has 8 nitrogen and oxygen atoms in total. The summed E-state index contributed by atoms with van der Waals surface area (Å²) in [6, 6.07) is 17.6. The number of carbonyl (C=O) groups is 1. The normalized spacial score (nSPS) is 10.2. The van der Waals surface area contributed by atoms with Gasteiger partial charge >= 0.3 is 5.63 Å². The average Bonchev–Trinajstić information content (AvgIpc) is 2.89. The second kappa shape index (κ2) is 12.3. The summed E-state index contributed by atoms with van der Waals surface area (Å²) in [6.07, 6.45) is 1.89. The van der Waals surface area contributed by atoms with Crippen LogP contribution in [-0.4, -0.2) is 36.8 Å². The lowest BCUT2D eigenvalue weighted by molar-refractivity contribution is 0.103. The Hall–Kier alpha value is -4.72. The van der Waals surface area contributed by atoms with Gasteiger partial charge in [0, 0.05) is 35.2 Å². The summed E-state index contributed by atoms with van der Waals surface area (Å²) in [5.41, 5.74) is 1.72. The maximum Gasteiger partial charge on any atom is 0.336 e. The number of ether oxygens (including phenoxy) is 3. The van der Waals surface area contributed by atoms with Crippen LogP contribution in [0.4, 0.5) is 0 Å². The SMILES string of the molecule is CC(C)=CCOc1cc2oc(=O)ccc2cc1O.COc1cc(O)c(C(=O)c2ccccc2)c(OC)c1. The molecular weight excluding hydrogens is 476 g/mol. The molecule has 1 aromatic heterocycles. The van der Waals surface area contributed by atoms with Crippen LogP contribution in [0.1, 0.15) is 29.8 Å². The lowest BCUT2D eigenvalue weighted by atomic mass is 10.0. The third kappa shape index (κ3) is 6.91. The zero-order valence-electron chi connectivity index (χ0n) is 21.0. The summed E-state index contributed by atoms with van der Waals surface area (Å²) in [5, 5.41) is 20.4. The highest BCUT2D eigenvalue weighted by molar-refractivity contribution is 6.12. The van der Waals surface area contributed by atoms with Gasteiger partial charge in [-0.25, -0.2) is 4.79 Å². The Bertz CT molecular complexity index is 1470. The molecule has 1 heterocycles. The van der Waals surface area contributed by atoms with Crippen molar-refractivity contribution < 1.29 is 33.6 Å². The van der Waals surface area contributed by atoms with E-state index in [0.717, 1.165) is 5.57 Å². The van der Waals surface area contributed by atoms with Gasteiger partial charge in [-0.2, -0.15) is 0 Å². The van der Waals surface area contributed by atoms with Crippen molar-refractivity contribution in [2.75, 3.05) is 20.8 Å². The first-order valence-electron chi connectivity index (χ1n) is 11.3. The second-order valence-corrected chi connectivity index (χ2v) is 8.12. The van der Waals surface area contributed by atoms with Crippen molar-refractivity contribution in [2.24, 2.45) is 0 Å². The Morgan fingerprint density at radius 1 is 0.892 bits per heavy atom. The van der Waals surface area contributed by atoms with Crippen molar-refractivity contribution in [1.29, 1.82) is 0 Å². The third-order valence-electron chi connectivity index (χ3n) is 5.20. The van der Waals surface area contributed by atoms with Gasteiger partial charge in [0.05, 0.1) is 14.2 Å². The minimum atomic E-state index is -0.427. The number of methoxy groups -OCH3 is 2. The van der Waals surface area contributed by atoms with E-state index in [-0.39, 0.29) is 28.6 Å². The van der Waals surface area contributed by atoms with E-state index in [0.29, 0.717) is 34.6 Å². The lowest BCUT2D eigenvalue weighted by Gasteiger charge is -2.11. The van der Waals surface area contributed by atoms with Crippen LogP contribution in [0, 0.1) is 0 Å². The molecule has 4 rings (SSSR count). The molecule has 192 valence electrons. The Labute approximate surface area is 214 Å². The molecule has 37 heavy (non-hydrogen) atoms. The number of rotatable bonds is 7. The number of hydrogen-bond acceptors (Lipinski definition) is 8. The Morgan fingerprint density at radius 2 is 1.62 bits per heavy atom. The number of allylic oxidation sites excluding steroid dienone is 1. The topological polar surface area (TPSA) is 115 Å². The first-order chi connectivity index (χ1) is 17.7. The smallest absolute Gasteiger partial charge is 0.336 e. The second-order valence-electron chi connectivity index (χ2n) is 8.12. The monoisotopic (exact) mass is 504 g/mol. The Morgan fingerprint density at radius 3 is 2.27 bits per heavy atom. The van der Waals surface area contributed by atoms with E-state index in [1.807, 2.05) is 26.0 Å². The molecule has 0 radical (unpaired) electrons. The lowest BCUT2D eigenvalue weighted by Crippen LogP contribution is -2.04. The zero-order chi connectivity index (χ0) is 26.9. The first-order valence-corrected chi connectivity index (χ1v) is 11.3. The van der Waals surface area contributed by atoms with E-state index in [2.05, 4.69) is 0 Å². The molecule has 3 aromatic carbocycles. The van der Waals surface area contributed by atoms with Gasteiger partial charge in [-0.1, -0.05) is 35.9 Å². The molecule has 0 saturated heterocycles. The van der Waals surface area contributed by atoms with Crippen LogP contribution in [-0.2, 0) is 0 Å². The van der Waals surface area contributed by atoms with E-state index >= 15 is 0 Å². The van der Waals surface area contributed by atoms with Crippen LogP contribution < -0.4 is 19.8 Å². The fourth-order valence-corrected chi connectivity index (χ4v) is 3.32. The number of aromatic hydroxyl groups is 2. The van der Waals surface area contributed by atoms with Crippen LogP contribution in [0.25, 0.3) is 11.0 Å². The van der Waals surface area contributed by atoms with Crippen molar-refractivity contribution >= 4 is 16.8 Å². The molecule has 0 amide bonds. The maximum absolute atomic E-state index is 12.4. The van der Waals surface area contributed by atoms with E-state index in [9.17, 15) is 19.8 Å². The molecule has 0 aliphatic heterocycles. The summed E-state index contributed by atoms with van der Waals surface area (Å²) in [6.45, 7) is 4.28. The number of phenolic OH excluding ortho intramolecular Hbond substituents is 2. The fourth-order valence-electron chi connectivity index (χ4n) is 3.32. The minimum Gasteiger partial charge on any atom is -0.507 e. The van der Waals surface area contributed by atoms with E-state index in [1.54, 1.807) is 36.4 Å². The number of carbonyl (C=O) groups excluding carboxylic acids is 1. The van der Waals surface area contributed by atoms with Gasteiger partial charge in [-0.05, 0) is 32.1 Å². The highest BCUT2D eigenvalue weighted by Gasteiger charge is 2.20. The van der Waals surface area contributed by atoms with Crippen molar-refractivity contribution in [2.45, 2.75) is 13.8 Å². The fraction of sp³-hybridized carbons (Fsp3) is 0.172. The number of phenols is 2. The van der Waals surface area contributed by atoms with Gasteiger partial charge in [0.25, 0.3) is 0 Å². The Balaban J connectivity index is 0.000000206. The van der Waals surface area contributed by atoms with E-state index < -0.39 is 5.63 Å². The van der Waals surface area contributed by atoms with Crippen molar-refractivity contribution in [3.8, 4) is 28.7 Å². The predicted molar refractivity (Wildman–Crippen MR) is 140 cm³/mol. The largest absolute Gasteiger partial charge is 0.507 e. The standard InChI is InChI=1S/C15H14O4.C14H14O4/c1-18-11-8-12(16)14(13(9-11)19-2)15(17)10-6-4-3-5-7-10;1-9(2)5-6-17-13-8-12-10(7-11(13)15)3-4-14(16)18-12/h3-9,16H,1-2H3;3-5,7-8,15H,6H2,1-2H3. The zero-order valence-corrected chi connectivity index (χ0v) is 21.0. The van der Waals surface area contributed by atoms with Crippen LogP contribution >= 0.6 is 0 Å². The first kappa shape index (κ1) is 26.9. The number of hydrogen-bond donors (Lipinski definition) is 2. The molecule has 8 heteroatoms. The molecular formula is C29H28O8. The summed E-state index contributed by atoms with van der Waals surface area (Å²) >= 11 is 0. The van der Waals surface area contributed by atoms with Crippen molar-refractivity contribution in [1.82, 2.24) is 0 Å². The molecule has 0 saturated carbocycles. The number of fused-ring (bicyclic) bond motifs is 1. The molecule has 0 atom stereocenters. The Kier molecular flexibility index (Phi) is 8.94. The number of ketones is 1. The molecule has 0 unspecified atom stereocenters. The van der Waals surface area contributed by atoms with Gasteiger partial charge in [-0.15, -0.1) is 0 Å². The van der Waals surface area contributed by atoms with E-state index in [4.69, 9.17) is 18.6 Å². The summed E-state index contributed by atoms with van der Waals surface area (Å²) < 4.78 is 20.6. The van der Waals surface area contributed by atoms with Crippen molar-refractivity contribution in [3.63, 3.8) is 0 Å². The molecule has 0 aliphatic rings. The summed E-state index contributed by atoms with van der Waals surface area (Å²) in [7, 11) is 2.92. The molecule has 0 aliphatic carbocycles. The highest BCUT2D eigenvalue weighted by Crippen LogP contribution is 2.35. The van der Waals surface area contributed by atoms with Crippen LogP contribution in [0.2, 0.25) is 0 Å². The van der Waals surface area contributed by atoms with Gasteiger partial charge in [0.15, 0.2) is 11.5 Å². The van der Waals surface area contributed by atoms with Gasteiger partial charge in [0.2, 0.25) is 5.78 Å². The third-order valence-corrected chi connectivity index (χ3v) is 5.20. The predicted octanol–water partition coefficient (Wildman–Crippen LogP) is 5.48. The molecule has 4 aromatic rings. The van der Waals surface area contributed by atoms with E-state index in [1.165, 1.54) is 38.5 Å². The minimum absolute atomic E-state index is 0.0264. The highest BCUT2D eigenvalue weighted by atomic mass is 16.5. The van der Waals surface area contributed by atoms with Gasteiger partial charge in [-0.3, -0.25) is 4.79 Å². The molecule has 0 spiro atoms. The molecule has 0 bridgehead atoms. The summed E-state index contributed by atoms with van der Waals surface area (Å²) in [4.78, 5) is 23.5. The molecule has 2 N–H and O–H groups in total. The quantitative estimate of drug-likeness (QED) is 0.193. The molecule has 0 fully saturated rings. The average molecular weight is 505 g/mol. The van der Waals surface area contributed by atoms with Crippen LogP contribution in [0.5, 0.6) is 28.7 Å². The maximum atomic E-state index is 12.4. The van der Waals surface area contributed by atoms with Gasteiger partial charge < -0.3 is 28.8 Å². The summed E-state index contributed by atoms with van der Waals surface area (Å²) in [5.74, 6) is 0.583. The van der Waals surface area contributed by atoms with Gasteiger partial charge in [0.1, 0.15) is 35.0 Å². The van der Waals surface area contributed by atoms with Crippen LogP contribution in [0.3, 0.4) is 0 Å². The number of benzene rings is 3. The van der Waals surface area contributed by atoms with Crippen LogP contribution in [0.15, 0.2) is 87.6 Å².